The number of primary amides is 1. The van der Waals surface area contributed by atoms with E-state index in [2.05, 4.69) is 0 Å². The summed E-state index contributed by atoms with van der Waals surface area (Å²) >= 11 is 0. The third-order valence-electron chi connectivity index (χ3n) is 4.79. The topological polar surface area (TPSA) is 75.9 Å². The molecule has 0 bridgehead atoms. The van der Waals surface area contributed by atoms with Crippen molar-refractivity contribution in [3.8, 4) is 0 Å². The number of hydrogen-bond donors (Lipinski definition) is 1. The summed E-state index contributed by atoms with van der Waals surface area (Å²) in [6.07, 6.45) is 5.28. The van der Waals surface area contributed by atoms with E-state index < -0.39 is 12.0 Å². The van der Waals surface area contributed by atoms with Crippen molar-refractivity contribution >= 4 is 11.8 Å². The van der Waals surface area contributed by atoms with Crippen LogP contribution in [-0.2, 0) is 14.3 Å². The second-order valence-corrected chi connectivity index (χ2v) is 6.17. The summed E-state index contributed by atoms with van der Waals surface area (Å²) in [6.45, 7) is 3.42. The molecule has 0 aromatic rings. The molecule has 2 fully saturated rings. The SMILES string of the molecule is CC(C(=O)N(C)C1CCCCC1)N1CCOC(C(N)=O)C1. The van der Waals surface area contributed by atoms with Gasteiger partial charge in [-0.05, 0) is 19.8 Å². The smallest absolute Gasteiger partial charge is 0.247 e. The molecule has 2 amide bonds. The van der Waals surface area contributed by atoms with Gasteiger partial charge in [-0.25, -0.2) is 0 Å². The molecule has 2 unspecified atom stereocenters. The Morgan fingerprint density at radius 2 is 1.95 bits per heavy atom. The minimum atomic E-state index is -0.603. The summed E-state index contributed by atoms with van der Waals surface area (Å²) in [4.78, 5) is 27.8. The van der Waals surface area contributed by atoms with Crippen molar-refractivity contribution in [2.45, 2.75) is 57.2 Å². The maximum atomic E-state index is 12.6. The number of amides is 2. The Morgan fingerprint density at radius 1 is 1.29 bits per heavy atom. The number of hydrogen-bond acceptors (Lipinski definition) is 4. The monoisotopic (exact) mass is 297 g/mol. The first-order valence-corrected chi connectivity index (χ1v) is 7.92. The normalized spacial score (nSPS) is 26.3. The van der Waals surface area contributed by atoms with Gasteiger partial charge in [0.25, 0.3) is 0 Å². The predicted octanol–water partition coefficient (Wildman–Crippen LogP) is 0.352. The lowest BCUT2D eigenvalue weighted by atomic mass is 9.94. The van der Waals surface area contributed by atoms with E-state index in [4.69, 9.17) is 10.5 Å². The van der Waals surface area contributed by atoms with Gasteiger partial charge in [-0.3, -0.25) is 14.5 Å². The van der Waals surface area contributed by atoms with Gasteiger partial charge < -0.3 is 15.4 Å². The fourth-order valence-corrected chi connectivity index (χ4v) is 3.29. The van der Waals surface area contributed by atoms with Crippen LogP contribution in [0.15, 0.2) is 0 Å². The Bertz CT molecular complexity index is 382. The maximum Gasteiger partial charge on any atom is 0.247 e. The van der Waals surface area contributed by atoms with Crippen LogP contribution < -0.4 is 5.73 Å². The highest BCUT2D eigenvalue weighted by Gasteiger charge is 2.33. The molecular weight excluding hydrogens is 270 g/mol. The second kappa shape index (κ2) is 7.22. The highest BCUT2D eigenvalue weighted by Crippen LogP contribution is 2.23. The fourth-order valence-electron chi connectivity index (χ4n) is 3.29. The van der Waals surface area contributed by atoms with Crippen molar-refractivity contribution in [2.75, 3.05) is 26.7 Å². The van der Waals surface area contributed by atoms with E-state index in [1.54, 1.807) is 0 Å². The molecule has 0 aromatic heterocycles. The third kappa shape index (κ3) is 3.95. The van der Waals surface area contributed by atoms with Crippen LogP contribution in [0.3, 0.4) is 0 Å². The van der Waals surface area contributed by atoms with E-state index in [1.165, 1.54) is 19.3 Å². The van der Waals surface area contributed by atoms with Crippen LogP contribution >= 0.6 is 0 Å². The van der Waals surface area contributed by atoms with Crippen LogP contribution in [0.5, 0.6) is 0 Å². The van der Waals surface area contributed by atoms with Crippen LogP contribution in [-0.4, -0.2) is 66.5 Å². The first-order chi connectivity index (χ1) is 10.0. The van der Waals surface area contributed by atoms with Crippen LogP contribution in [0.2, 0.25) is 0 Å². The first kappa shape index (κ1) is 16.2. The highest BCUT2D eigenvalue weighted by molar-refractivity contribution is 5.82. The highest BCUT2D eigenvalue weighted by atomic mass is 16.5. The fraction of sp³-hybridized carbons (Fsp3) is 0.867. The molecule has 2 rings (SSSR count). The summed E-state index contributed by atoms with van der Waals surface area (Å²) in [5.74, 6) is -0.327. The van der Waals surface area contributed by atoms with E-state index in [-0.39, 0.29) is 11.9 Å². The molecule has 21 heavy (non-hydrogen) atoms. The summed E-state index contributed by atoms with van der Waals surface area (Å²) in [5, 5.41) is 0. The molecule has 6 heteroatoms. The largest absolute Gasteiger partial charge is 0.367 e. The van der Waals surface area contributed by atoms with Gasteiger partial charge in [0, 0.05) is 26.2 Å². The molecule has 2 aliphatic rings. The minimum absolute atomic E-state index is 0.132. The summed E-state index contributed by atoms with van der Waals surface area (Å²) in [7, 11) is 1.90. The zero-order valence-corrected chi connectivity index (χ0v) is 13.1. The van der Waals surface area contributed by atoms with Crippen LogP contribution in [0, 0.1) is 0 Å². The van der Waals surface area contributed by atoms with Gasteiger partial charge in [0.05, 0.1) is 12.6 Å². The zero-order valence-electron chi connectivity index (χ0n) is 13.1. The lowest BCUT2D eigenvalue weighted by Crippen LogP contribution is -2.56. The molecule has 0 aromatic carbocycles. The molecule has 1 saturated heterocycles. The number of likely N-dealkylation sites (N-methyl/N-ethyl adjacent to an activating group) is 1. The summed E-state index contributed by atoms with van der Waals surface area (Å²) in [5.41, 5.74) is 5.30. The van der Waals surface area contributed by atoms with Crippen molar-refractivity contribution < 1.29 is 14.3 Å². The van der Waals surface area contributed by atoms with Gasteiger partial charge >= 0.3 is 0 Å². The van der Waals surface area contributed by atoms with Gasteiger partial charge in [0.15, 0.2) is 0 Å². The number of carbonyl (C=O) groups is 2. The number of morpholine rings is 1. The van der Waals surface area contributed by atoms with E-state index in [0.29, 0.717) is 25.7 Å². The molecule has 0 spiro atoms. The standard InChI is InChI=1S/C15H27N3O3/c1-11(18-8-9-21-13(10-18)14(16)19)15(20)17(2)12-6-4-3-5-7-12/h11-13H,3-10H2,1-2H3,(H2,16,19). The average molecular weight is 297 g/mol. The van der Waals surface area contributed by atoms with Crippen molar-refractivity contribution in [3.63, 3.8) is 0 Å². The van der Waals surface area contributed by atoms with E-state index in [9.17, 15) is 9.59 Å². The minimum Gasteiger partial charge on any atom is -0.367 e. The molecule has 2 N–H and O–H groups in total. The Labute approximate surface area is 126 Å². The zero-order chi connectivity index (χ0) is 15.4. The number of rotatable bonds is 4. The van der Waals surface area contributed by atoms with Crippen molar-refractivity contribution in [2.24, 2.45) is 5.73 Å². The van der Waals surface area contributed by atoms with Crippen LogP contribution in [0.4, 0.5) is 0 Å². The molecule has 2 atom stereocenters. The molecule has 1 heterocycles. The van der Waals surface area contributed by atoms with Gasteiger partial charge in [-0.1, -0.05) is 19.3 Å². The molecule has 0 radical (unpaired) electrons. The quantitative estimate of drug-likeness (QED) is 0.812. The first-order valence-electron chi connectivity index (χ1n) is 7.92. The van der Waals surface area contributed by atoms with Crippen molar-refractivity contribution in [3.05, 3.63) is 0 Å². The third-order valence-corrected chi connectivity index (χ3v) is 4.79. The number of nitrogens with two attached hydrogens (primary N) is 1. The van der Waals surface area contributed by atoms with Gasteiger partial charge in [-0.2, -0.15) is 0 Å². The van der Waals surface area contributed by atoms with Gasteiger partial charge in [0.2, 0.25) is 11.8 Å². The lowest BCUT2D eigenvalue weighted by molar-refractivity contribution is -0.146. The maximum absolute atomic E-state index is 12.6. The number of carbonyl (C=O) groups excluding carboxylic acids is 2. The van der Waals surface area contributed by atoms with E-state index >= 15 is 0 Å². The van der Waals surface area contributed by atoms with Crippen LogP contribution in [0.25, 0.3) is 0 Å². The lowest BCUT2D eigenvalue weighted by Gasteiger charge is -2.39. The Kier molecular flexibility index (Phi) is 5.58. The Morgan fingerprint density at radius 3 is 2.57 bits per heavy atom. The summed E-state index contributed by atoms with van der Waals surface area (Å²) in [6, 6.07) is 0.129. The molecule has 1 aliphatic heterocycles. The molecule has 120 valence electrons. The molecule has 6 nitrogen and oxygen atoms in total. The van der Waals surface area contributed by atoms with Crippen molar-refractivity contribution in [1.82, 2.24) is 9.80 Å². The predicted molar refractivity (Wildman–Crippen MR) is 79.6 cm³/mol. The average Bonchev–Trinajstić information content (AvgIpc) is 2.53. The number of nitrogens with zero attached hydrogens (tertiary/aromatic N) is 2. The molecule has 1 saturated carbocycles. The second-order valence-electron chi connectivity index (χ2n) is 6.17. The molecular formula is C15H27N3O3. The van der Waals surface area contributed by atoms with Gasteiger partial charge in [-0.15, -0.1) is 0 Å². The number of ether oxygens (including phenoxy) is 1. The van der Waals surface area contributed by atoms with E-state index in [0.717, 1.165) is 12.8 Å². The van der Waals surface area contributed by atoms with Crippen LogP contribution in [0.1, 0.15) is 39.0 Å². The summed E-state index contributed by atoms with van der Waals surface area (Å²) < 4.78 is 5.34. The Balaban J connectivity index is 1.92. The van der Waals surface area contributed by atoms with Gasteiger partial charge in [0.1, 0.15) is 6.10 Å². The van der Waals surface area contributed by atoms with E-state index in [1.807, 2.05) is 23.8 Å². The van der Waals surface area contributed by atoms with Crippen molar-refractivity contribution in [1.29, 1.82) is 0 Å². The molecule has 1 aliphatic carbocycles. The Hall–Kier alpha value is -1.14.